The lowest BCUT2D eigenvalue weighted by atomic mass is 9.32. The fourth-order valence-corrected chi connectivity index (χ4v) is 14.1. The molecular formula is C60H56B2N2. The second-order valence-corrected chi connectivity index (χ2v) is 20.5. The van der Waals surface area contributed by atoms with Gasteiger partial charge in [0.05, 0.1) is 22.7 Å². The highest BCUT2D eigenvalue weighted by Crippen LogP contribution is 2.57. The molecule has 8 aromatic rings. The molecule has 0 spiro atoms. The Kier molecular flexibility index (Phi) is 8.57. The van der Waals surface area contributed by atoms with Gasteiger partial charge in [-0.2, -0.15) is 0 Å². The van der Waals surface area contributed by atoms with Gasteiger partial charge in [-0.05, 0) is 158 Å². The summed E-state index contributed by atoms with van der Waals surface area (Å²) in [5.41, 5.74) is 27.9. The van der Waals surface area contributed by atoms with Crippen LogP contribution in [0.4, 0.5) is 34.1 Å². The van der Waals surface area contributed by atoms with Crippen LogP contribution in [0.2, 0.25) is 0 Å². The molecule has 0 atom stereocenters. The van der Waals surface area contributed by atoms with Crippen molar-refractivity contribution in [2.45, 2.75) is 105 Å². The number of anilines is 6. The van der Waals surface area contributed by atoms with Crippen molar-refractivity contribution in [3.63, 3.8) is 0 Å². The second kappa shape index (κ2) is 14.3. The van der Waals surface area contributed by atoms with Crippen LogP contribution in [0.3, 0.4) is 0 Å². The Labute approximate surface area is 380 Å². The summed E-state index contributed by atoms with van der Waals surface area (Å²) in [6, 6.07) is 48.8. The first kappa shape index (κ1) is 38.5. The zero-order valence-corrected chi connectivity index (χ0v) is 38.4. The number of fused-ring (bicyclic) bond motifs is 10. The van der Waals surface area contributed by atoms with Gasteiger partial charge in [-0.15, -0.1) is 0 Å². The van der Waals surface area contributed by atoms with Crippen LogP contribution < -0.4 is 42.6 Å². The predicted molar refractivity (Wildman–Crippen MR) is 277 cm³/mol. The lowest BCUT2D eigenvalue weighted by molar-refractivity contribution is 0.724. The molecular weight excluding hydrogens is 770 g/mol. The lowest BCUT2D eigenvalue weighted by Gasteiger charge is -2.50. The van der Waals surface area contributed by atoms with Gasteiger partial charge in [0.15, 0.2) is 0 Å². The summed E-state index contributed by atoms with van der Waals surface area (Å²) in [6.45, 7) is 14.1. The monoisotopic (exact) mass is 826 g/mol. The summed E-state index contributed by atoms with van der Waals surface area (Å²) in [5, 5.41) is 5.33. The Morgan fingerprint density at radius 3 is 1.16 bits per heavy atom. The van der Waals surface area contributed by atoms with Crippen molar-refractivity contribution in [1.29, 1.82) is 0 Å². The standard InChI is InChI=1S/C60H56B2N2/c1-35-27-37(3)55(38(4)28-35)61-49-31-43(41-15-7-8-16-41)23-25-51(49)63-54-34-46-20-12-14-22-48(46)58-60(54)64(53-33-45-19-11-13-21-47(45)57(61)59(53)63)52-26-24-44(42-17-9-10-18-42)32-50(52)62(58)56-39(5)29-36(2)30-40(56)6/h11-14,19-34,41-42H,7-10,15-18H2,1-6H3. The highest BCUT2D eigenvalue weighted by Gasteiger charge is 2.48. The van der Waals surface area contributed by atoms with E-state index in [0.29, 0.717) is 11.8 Å². The molecule has 2 nitrogen and oxygen atoms in total. The molecule has 0 radical (unpaired) electrons. The van der Waals surface area contributed by atoms with Crippen LogP contribution in [0.1, 0.15) is 108 Å². The third kappa shape index (κ3) is 5.47. The third-order valence-corrected chi connectivity index (χ3v) is 16.5. The summed E-state index contributed by atoms with van der Waals surface area (Å²) in [5.74, 6) is 1.24. The molecule has 2 aliphatic carbocycles. The van der Waals surface area contributed by atoms with Gasteiger partial charge >= 0.3 is 0 Å². The summed E-state index contributed by atoms with van der Waals surface area (Å²) < 4.78 is 0. The molecule has 3 heterocycles. The van der Waals surface area contributed by atoms with Crippen LogP contribution in [0, 0.1) is 41.5 Å². The van der Waals surface area contributed by atoms with E-state index in [2.05, 4.69) is 173 Å². The molecule has 2 fully saturated rings. The van der Waals surface area contributed by atoms with Crippen molar-refractivity contribution in [3.05, 3.63) is 166 Å². The number of benzene rings is 8. The molecule has 312 valence electrons. The average Bonchev–Trinajstić information content (AvgIpc) is 4.04. The summed E-state index contributed by atoms with van der Waals surface area (Å²) in [7, 11) is 0. The van der Waals surface area contributed by atoms with Crippen molar-refractivity contribution in [3.8, 4) is 0 Å². The largest absolute Gasteiger partial charge is 0.307 e. The minimum Gasteiger partial charge on any atom is -0.307 e. The van der Waals surface area contributed by atoms with E-state index in [9.17, 15) is 0 Å². The number of hydrogen-bond donors (Lipinski definition) is 0. The molecule has 13 rings (SSSR count). The predicted octanol–water partition coefficient (Wildman–Crippen LogP) is 12.1. The van der Waals surface area contributed by atoms with Crippen LogP contribution in [0.15, 0.2) is 121 Å². The van der Waals surface area contributed by atoms with E-state index >= 15 is 0 Å². The average molecular weight is 827 g/mol. The topological polar surface area (TPSA) is 6.48 Å². The molecule has 64 heavy (non-hydrogen) atoms. The van der Waals surface area contributed by atoms with Crippen molar-refractivity contribution < 1.29 is 0 Å². The zero-order chi connectivity index (χ0) is 43.1. The van der Waals surface area contributed by atoms with E-state index in [4.69, 9.17) is 0 Å². The van der Waals surface area contributed by atoms with Gasteiger partial charge in [0.1, 0.15) is 0 Å². The van der Waals surface area contributed by atoms with E-state index in [1.807, 2.05) is 0 Å². The molecule has 8 aromatic carbocycles. The number of nitrogens with zero attached hydrogens (tertiary/aromatic N) is 2. The Balaban J connectivity index is 1.20. The normalized spacial score (nSPS) is 16.5. The van der Waals surface area contributed by atoms with Gasteiger partial charge in [0.25, 0.3) is 0 Å². The van der Waals surface area contributed by atoms with Crippen LogP contribution in [-0.4, -0.2) is 13.4 Å². The van der Waals surface area contributed by atoms with Crippen molar-refractivity contribution in [1.82, 2.24) is 0 Å². The third-order valence-electron chi connectivity index (χ3n) is 16.5. The van der Waals surface area contributed by atoms with Crippen molar-refractivity contribution >= 4 is 102 Å². The van der Waals surface area contributed by atoms with E-state index in [-0.39, 0.29) is 13.4 Å². The first-order valence-corrected chi connectivity index (χ1v) is 24.4. The van der Waals surface area contributed by atoms with Crippen LogP contribution >= 0.6 is 0 Å². The molecule has 4 heteroatoms. The molecule has 2 saturated carbocycles. The summed E-state index contributed by atoms with van der Waals surface area (Å²) in [6.07, 6.45) is 10.5. The maximum atomic E-state index is 2.74. The van der Waals surface area contributed by atoms with Gasteiger partial charge in [0.2, 0.25) is 13.4 Å². The Morgan fingerprint density at radius 2 is 0.766 bits per heavy atom. The number of hydrogen-bond acceptors (Lipinski definition) is 2. The smallest absolute Gasteiger partial charge is 0.248 e. The van der Waals surface area contributed by atoms with E-state index < -0.39 is 0 Å². The molecule has 0 N–H and O–H groups in total. The van der Waals surface area contributed by atoms with Gasteiger partial charge in [-0.25, -0.2) is 0 Å². The van der Waals surface area contributed by atoms with Crippen LogP contribution in [0.5, 0.6) is 0 Å². The maximum Gasteiger partial charge on any atom is 0.248 e. The SMILES string of the molecule is Cc1cc(C)c(B2c3cc(C4CCCC4)ccc3N3c4cc5ccccc5c5c4N(c4ccc(C6CCCC6)cc4B5c4c(C)cc(C)cc4C)c4cc5ccccc5c2c43)c(C)c1. The molecule has 5 aliphatic rings. The molecule has 0 saturated heterocycles. The highest BCUT2D eigenvalue weighted by molar-refractivity contribution is 7.01. The Hall–Kier alpha value is -5.99. The zero-order valence-electron chi connectivity index (χ0n) is 38.4. The molecule has 0 unspecified atom stereocenters. The first-order valence-electron chi connectivity index (χ1n) is 24.4. The van der Waals surface area contributed by atoms with Crippen LogP contribution in [0.25, 0.3) is 21.5 Å². The molecule has 0 aromatic heterocycles. The van der Waals surface area contributed by atoms with Crippen molar-refractivity contribution in [2.24, 2.45) is 0 Å². The van der Waals surface area contributed by atoms with E-state index in [1.165, 1.54) is 184 Å². The summed E-state index contributed by atoms with van der Waals surface area (Å²) in [4.78, 5) is 5.48. The quantitative estimate of drug-likeness (QED) is 0.163. The minimum atomic E-state index is 0.0779. The first-order chi connectivity index (χ1) is 31.2. The number of rotatable bonds is 4. The van der Waals surface area contributed by atoms with Gasteiger partial charge in [-0.3, -0.25) is 0 Å². The van der Waals surface area contributed by atoms with E-state index in [0.717, 1.165) is 0 Å². The van der Waals surface area contributed by atoms with Gasteiger partial charge in [-0.1, -0.05) is 167 Å². The number of aryl methyl sites for hydroxylation is 6. The van der Waals surface area contributed by atoms with Gasteiger partial charge < -0.3 is 9.80 Å². The fourth-order valence-electron chi connectivity index (χ4n) is 14.1. The lowest BCUT2D eigenvalue weighted by Crippen LogP contribution is -2.62. The van der Waals surface area contributed by atoms with Crippen LogP contribution in [-0.2, 0) is 0 Å². The molecule has 0 bridgehead atoms. The second-order valence-electron chi connectivity index (χ2n) is 20.5. The minimum absolute atomic E-state index is 0.0779. The Bertz CT molecular complexity index is 3030. The fraction of sp³-hybridized carbons (Fsp3) is 0.267. The summed E-state index contributed by atoms with van der Waals surface area (Å²) >= 11 is 0. The van der Waals surface area contributed by atoms with Gasteiger partial charge in [0, 0.05) is 11.4 Å². The molecule has 3 aliphatic heterocycles. The maximum absolute atomic E-state index is 2.74. The highest BCUT2D eigenvalue weighted by atomic mass is 15.3. The van der Waals surface area contributed by atoms with Crippen molar-refractivity contribution in [2.75, 3.05) is 9.80 Å². The molecule has 0 amide bonds. The Morgan fingerprint density at radius 1 is 0.391 bits per heavy atom. The van der Waals surface area contributed by atoms with E-state index in [1.54, 1.807) is 0 Å².